The molecular formula is C13H17N3O3S. The van der Waals surface area contributed by atoms with E-state index in [1.54, 1.807) is 12.3 Å². The van der Waals surface area contributed by atoms with E-state index in [2.05, 4.69) is 10.3 Å². The fourth-order valence-corrected chi connectivity index (χ4v) is 4.27. The summed E-state index contributed by atoms with van der Waals surface area (Å²) >= 11 is 1.92. The predicted octanol–water partition coefficient (Wildman–Crippen LogP) is 2.46. The molecule has 1 spiro atoms. The largest absolute Gasteiger partial charge is 0.376 e. The zero-order chi connectivity index (χ0) is 14.0. The zero-order valence-electron chi connectivity index (χ0n) is 11.1. The van der Waals surface area contributed by atoms with E-state index in [1.165, 1.54) is 6.20 Å². The molecule has 0 bridgehead atoms. The molecule has 2 atom stereocenters. The molecule has 3 rings (SSSR count). The lowest BCUT2D eigenvalue weighted by molar-refractivity contribution is -0.384. The number of hydrogen-bond acceptors (Lipinski definition) is 6. The van der Waals surface area contributed by atoms with Crippen LogP contribution in [-0.4, -0.2) is 39.7 Å². The van der Waals surface area contributed by atoms with Crippen LogP contribution in [0.1, 0.15) is 19.3 Å². The summed E-state index contributed by atoms with van der Waals surface area (Å²) in [6.45, 7) is 0.719. The Morgan fingerprint density at radius 3 is 3.25 bits per heavy atom. The molecule has 2 aliphatic heterocycles. The number of aromatic nitrogens is 1. The molecule has 0 aromatic carbocycles. The number of thioether (sulfide) groups is 1. The van der Waals surface area contributed by atoms with Crippen LogP contribution < -0.4 is 5.32 Å². The highest BCUT2D eigenvalue weighted by atomic mass is 32.2. The van der Waals surface area contributed by atoms with Gasteiger partial charge in [-0.3, -0.25) is 15.1 Å². The zero-order valence-corrected chi connectivity index (χ0v) is 11.9. The Morgan fingerprint density at radius 1 is 1.60 bits per heavy atom. The molecule has 108 valence electrons. The second-order valence-electron chi connectivity index (χ2n) is 5.32. The Kier molecular flexibility index (Phi) is 3.80. The van der Waals surface area contributed by atoms with Gasteiger partial charge in [0, 0.05) is 24.6 Å². The first-order chi connectivity index (χ1) is 9.69. The van der Waals surface area contributed by atoms with Gasteiger partial charge in [-0.25, -0.2) is 0 Å². The third-order valence-electron chi connectivity index (χ3n) is 3.92. The van der Waals surface area contributed by atoms with Gasteiger partial charge >= 0.3 is 5.69 Å². The summed E-state index contributed by atoms with van der Waals surface area (Å²) in [6.07, 6.45) is 5.75. The molecule has 1 N–H and O–H groups in total. The third-order valence-corrected chi connectivity index (χ3v) is 5.14. The number of nitrogens with zero attached hydrogens (tertiary/aromatic N) is 2. The quantitative estimate of drug-likeness (QED) is 0.682. The van der Waals surface area contributed by atoms with Gasteiger partial charge in [-0.15, -0.1) is 0 Å². The molecule has 0 amide bonds. The first kappa shape index (κ1) is 13.6. The molecular weight excluding hydrogens is 278 g/mol. The van der Waals surface area contributed by atoms with Crippen LogP contribution in [0.25, 0.3) is 0 Å². The minimum atomic E-state index is -0.393. The number of pyridine rings is 1. The van der Waals surface area contributed by atoms with E-state index >= 15 is 0 Å². The van der Waals surface area contributed by atoms with Crippen LogP contribution in [0.2, 0.25) is 0 Å². The van der Waals surface area contributed by atoms with Crippen molar-refractivity contribution in [3.05, 3.63) is 28.6 Å². The van der Waals surface area contributed by atoms with E-state index < -0.39 is 4.92 Å². The van der Waals surface area contributed by atoms with Crippen molar-refractivity contribution < 1.29 is 9.66 Å². The standard InChI is InChI=1S/C13H17N3O3S/c17-16(18)12-8-14-4-1-11(12)15-10-2-5-19-13(7-10)3-6-20-9-13/h1,4,8,10H,2-3,5-7,9H2,(H,14,15)/t10-,13+/m0/s1. The Bertz CT molecular complexity index is 505. The number of rotatable bonds is 3. The molecule has 3 heterocycles. The summed E-state index contributed by atoms with van der Waals surface area (Å²) in [5.41, 5.74) is 0.564. The topological polar surface area (TPSA) is 77.3 Å². The smallest absolute Gasteiger partial charge is 0.310 e. The van der Waals surface area contributed by atoms with Crippen LogP contribution in [0.15, 0.2) is 18.5 Å². The van der Waals surface area contributed by atoms with E-state index in [1.807, 2.05) is 11.8 Å². The summed E-state index contributed by atoms with van der Waals surface area (Å²) in [5.74, 6) is 2.17. The molecule has 20 heavy (non-hydrogen) atoms. The predicted molar refractivity (Wildman–Crippen MR) is 78.2 cm³/mol. The number of hydrogen-bond donors (Lipinski definition) is 1. The van der Waals surface area contributed by atoms with Crippen LogP contribution in [0, 0.1) is 10.1 Å². The molecule has 0 saturated carbocycles. The number of nitrogens with one attached hydrogen (secondary N) is 1. The molecule has 1 aromatic heterocycles. The number of ether oxygens (including phenoxy) is 1. The maximum Gasteiger partial charge on any atom is 0.310 e. The Hall–Kier alpha value is -1.34. The van der Waals surface area contributed by atoms with Crippen molar-refractivity contribution in [2.24, 2.45) is 0 Å². The van der Waals surface area contributed by atoms with Crippen molar-refractivity contribution in [2.45, 2.75) is 30.9 Å². The monoisotopic (exact) mass is 295 g/mol. The SMILES string of the molecule is O=[N+]([O-])c1cnccc1N[C@H]1CCO[C@]2(CCSC2)C1. The second kappa shape index (κ2) is 5.57. The lowest BCUT2D eigenvalue weighted by Crippen LogP contribution is -2.44. The first-order valence-corrected chi connectivity index (χ1v) is 7.91. The maximum atomic E-state index is 11.0. The van der Waals surface area contributed by atoms with E-state index in [0.29, 0.717) is 5.69 Å². The molecule has 7 heteroatoms. The van der Waals surface area contributed by atoms with Gasteiger partial charge < -0.3 is 10.1 Å². The van der Waals surface area contributed by atoms with Gasteiger partial charge in [-0.05, 0) is 31.1 Å². The van der Waals surface area contributed by atoms with E-state index in [9.17, 15) is 10.1 Å². The van der Waals surface area contributed by atoms with Crippen LogP contribution in [-0.2, 0) is 4.74 Å². The van der Waals surface area contributed by atoms with Crippen LogP contribution in [0.5, 0.6) is 0 Å². The normalized spacial score (nSPS) is 29.5. The molecule has 2 aliphatic rings. The highest BCUT2D eigenvalue weighted by Crippen LogP contribution is 2.39. The molecule has 1 aromatic rings. The fraction of sp³-hybridized carbons (Fsp3) is 0.615. The van der Waals surface area contributed by atoms with Gasteiger partial charge in [0.15, 0.2) is 0 Å². The summed E-state index contributed by atoms with van der Waals surface area (Å²) in [7, 11) is 0. The minimum absolute atomic E-state index is 0.0254. The van der Waals surface area contributed by atoms with Gasteiger partial charge in [0.25, 0.3) is 0 Å². The van der Waals surface area contributed by atoms with E-state index in [-0.39, 0.29) is 17.3 Å². The van der Waals surface area contributed by atoms with Crippen LogP contribution >= 0.6 is 11.8 Å². The van der Waals surface area contributed by atoms with Crippen LogP contribution in [0.3, 0.4) is 0 Å². The first-order valence-electron chi connectivity index (χ1n) is 6.75. The van der Waals surface area contributed by atoms with Crippen molar-refractivity contribution in [1.82, 2.24) is 4.98 Å². The second-order valence-corrected chi connectivity index (χ2v) is 6.42. The molecule has 0 unspecified atom stereocenters. The van der Waals surface area contributed by atoms with E-state index in [4.69, 9.17) is 4.74 Å². The minimum Gasteiger partial charge on any atom is -0.376 e. The van der Waals surface area contributed by atoms with E-state index in [0.717, 1.165) is 37.4 Å². The van der Waals surface area contributed by atoms with Crippen molar-refractivity contribution in [3.63, 3.8) is 0 Å². The maximum absolute atomic E-state index is 11.0. The molecule has 2 saturated heterocycles. The summed E-state index contributed by atoms with van der Waals surface area (Å²) in [6, 6.07) is 1.90. The van der Waals surface area contributed by atoms with Crippen molar-refractivity contribution >= 4 is 23.1 Å². The Morgan fingerprint density at radius 2 is 2.50 bits per heavy atom. The lowest BCUT2D eigenvalue weighted by atomic mass is 9.90. The number of anilines is 1. The summed E-state index contributed by atoms with van der Waals surface area (Å²) < 4.78 is 5.96. The number of nitro groups is 1. The van der Waals surface area contributed by atoms with Crippen LogP contribution in [0.4, 0.5) is 11.4 Å². The summed E-state index contributed by atoms with van der Waals surface area (Å²) in [5, 5.41) is 14.3. The van der Waals surface area contributed by atoms with Gasteiger partial charge in [-0.1, -0.05) is 0 Å². The van der Waals surface area contributed by atoms with Crippen molar-refractivity contribution in [2.75, 3.05) is 23.4 Å². The highest BCUT2D eigenvalue weighted by Gasteiger charge is 2.40. The van der Waals surface area contributed by atoms with Gasteiger partial charge in [0.1, 0.15) is 11.9 Å². The van der Waals surface area contributed by atoms with Gasteiger partial charge in [0.05, 0.1) is 10.5 Å². The average molecular weight is 295 g/mol. The third kappa shape index (κ3) is 2.73. The average Bonchev–Trinajstić information content (AvgIpc) is 2.87. The van der Waals surface area contributed by atoms with Gasteiger partial charge in [0.2, 0.25) is 0 Å². The Balaban J connectivity index is 1.73. The lowest BCUT2D eigenvalue weighted by Gasteiger charge is -2.38. The van der Waals surface area contributed by atoms with Gasteiger partial charge in [-0.2, -0.15) is 11.8 Å². The highest BCUT2D eigenvalue weighted by molar-refractivity contribution is 7.99. The fourth-order valence-electron chi connectivity index (χ4n) is 2.89. The molecule has 6 nitrogen and oxygen atoms in total. The summed E-state index contributed by atoms with van der Waals surface area (Å²) in [4.78, 5) is 14.4. The van der Waals surface area contributed by atoms with Crippen molar-refractivity contribution in [3.8, 4) is 0 Å². The van der Waals surface area contributed by atoms with Crippen molar-refractivity contribution in [1.29, 1.82) is 0 Å². The molecule has 0 aliphatic carbocycles. The molecule has 0 radical (unpaired) electrons. The molecule has 2 fully saturated rings. The Labute approximate surface area is 121 Å².